The van der Waals surface area contributed by atoms with Crippen molar-refractivity contribution in [2.45, 2.75) is 38.6 Å². The average Bonchev–Trinajstić information content (AvgIpc) is 2.85. The van der Waals surface area contributed by atoms with Gasteiger partial charge in [0.1, 0.15) is 0 Å². The summed E-state index contributed by atoms with van der Waals surface area (Å²) in [4.78, 5) is 2.55. The van der Waals surface area contributed by atoms with E-state index in [-0.39, 0.29) is 0 Å². The molecule has 1 heterocycles. The number of rotatable bonds is 3. The quantitative estimate of drug-likeness (QED) is 0.662. The fourth-order valence-corrected chi connectivity index (χ4v) is 2.23. The Kier molecular flexibility index (Phi) is 2.61. The number of ether oxygens (including phenoxy) is 1. The maximum absolute atomic E-state index is 5.37. The summed E-state index contributed by atoms with van der Waals surface area (Å²) in [6, 6.07) is 0.783. The van der Waals surface area contributed by atoms with E-state index < -0.39 is 0 Å². The van der Waals surface area contributed by atoms with E-state index in [1.54, 1.807) is 0 Å². The van der Waals surface area contributed by atoms with Gasteiger partial charge in [-0.3, -0.25) is 0 Å². The molecule has 0 atom stereocenters. The van der Waals surface area contributed by atoms with Crippen LogP contribution in [0.2, 0.25) is 0 Å². The predicted molar refractivity (Wildman–Crippen MR) is 53.8 cm³/mol. The van der Waals surface area contributed by atoms with Crippen LogP contribution in [0, 0.1) is 5.41 Å². The zero-order chi connectivity index (χ0) is 9.31. The summed E-state index contributed by atoms with van der Waals surface area (Å²) in [5.74, 6) is 0. The van der Waals surface area contributed by atoms with E-state index in [0.717, 1.165) is 19.3 Å². The van der Waals surface area contributed by atoms with Crippen molar-refractivity contribution >= 4 is 0 Å². The molecule has 0 radical (unpaired) electrons. The Morgan fingerprint density at radius 3 is 2.46 bits per heavy atom. The van der Waals surface area contributed by atoms with Gasteiger partial charge < -0.3 is 9.64 Å². The molecule has 1 saturated heterocycles. The molecule has 0 spiro atoms. The lowest BCUT2D eigenvalue weighted by Gasteiger charge is -2.32. The van der Waals surface area contributed by atoms with Gasteiger partial charge in [-0.15, -0.1) is 0 Å². The van der Waals surface area contributed by atoms with E-state index in [9.17, 15) is 0 Å². The normalized spacial score (nSPS) is 27.9. The first-order chi connectivity index (χ1) is 6.20. The summed E-state index contributed by atoms with van der Waals surface area (Å²) >= 11 is 0. The molecule has 0 bridgehead atoms. The van der Waals surface area contributed by atoms with Crippen molar-refractivity contribution in [3.8, 4) is 0 Å². The van der Waals surface area contributed by atoms with Crippen LogP contribution in [0.4, 0.5) is 0 Å². The molecular formula is C11H21NO. The van der Waals surface area contributed by atoms with Crippen molar-refractivity contribution in [2.24, 2.45) is 5.41 Å². The lowest BCUT2D eigenvalue weighted by atomic mass is 10.0. The Bertz CT molecular complexity index is 171. The molecule has 1 aliphatic heterocycles. The molecule has 0 N–H and O–H groups in total. The highest BCUT2D eigenvalue weighted by atomic mass is 16.5. The maximum atomic E-state index is 5.37. The molecule has 0 unspecified atom stereocenters. The van der Waals surface area contributed by atoms with Crippen LogP contribution in [0.3, 0.4) is 0 Å². The maximum Gasteiger partial charge on any atom is 0.0480 e. The zero-order valence-corrected chi connectivity index (χ0v) is 8.88. The summed E-state index contributed by atoms with van der Waals surface area (Å²) in [6.07, 6.45) is 5.32. The van der Waals surface area contributed by atoms with Gasteiger partial charge in [-0.2, -0.15) is 0 Å². The van der Waals surface area contributed by atoms with Crippen LogP contribution >= 0.6 is 0 Å². The largest absolute Gasteiger partial charge is 0.381 e. The van der Waals surface area contributed by atoms with Gasteiger partial charge in [0.25, 0.3) is 0 Å². The van der Waals surface area contributed by atoms with Crippen LogP contribution in [0.25, 0.3) is 0 Å². The van der Waals surface area contributed by atoms with Crippen molar-refractivity contribution in [1.29, 1.82) is 0 Å². The number of nitrogens with zero attached hydrogens (tertiary/aromatic N) is 1. The third kappa shape index (κ3) is 2.44. The van der Waals surface area contributed by atoms with Crippen LogP contribution < -0.4 is 0 Å². The van der Waals surface area contributed by atoms with Crippen molar-refractivity contribution in [3.63, 3.8) is 0 Å². The number of hydrogen-bond donors (Lipinski definition) is 0. The van der Waals surface area contributed by atoms with Gasteiger partial charge in [-0.05, 0) is 38.1 Å². The third-order valence-corrected chi connectivity index (χ3v) is 3.55. The van der Waals surface area contributed by atoms with E-state index >= 15 is 0 Å². The van der Waals surface area contributed by atoms with Crippen molar-refractivity contribution in [3.05, 3.63) is 0 Å². The lowest BCUT2D eigenvalue weighted by Crippen LogP contribution is -2.39. The minimum atomic E-state index is 0.660. The molecule has 13 heavy (non-hydrogen) atoms. The van der Waals surface area contributed by atoms with E-state index in [1.807, 2.05) is 0 Å². The minimum Gasteiger partial charge on any atom is -0.381 e. The predicted octanol–water partition coefficient (Wildman–Crippen LogP) is 1.90. The molecule has 0 aromatic heterocycles. The molecule has 2 fully saturated rings. The van der Waals surface area contributed by atoms with Gasteiger partial charge in [-0.25, -0.2) is 0 Å². The van der Waals surface area contributed by atoms with Crippen LogP contribution in [0.15, 0.2) is 0 Å². The van der Waals surface area contributed by atoms with Gasteiger partial charge in [-0.1, -0.05) is 6.92 Å². The second-order valence-electron chi connectivity index (χ2n) is 5.07. The van der Waals surface area contributed by atoms with E-state index in [0.29, 0.717) is 5.41 Å². The van der Waals surface area contributed by atoms with Crippen LogP contribution in [-0.4, -0.2) is 37.7 Å². The van der Waals surface area contributed by atoms with Crippen molar-refractivity contribution in [1.82, 2.24) is 4.90 Å². The second kappa shape index (κ2) is 3.58. The monoisotopic (exact) mass is 183 g/mol. The molecule has 2 nitrogen and oxygen atoms in total. The summed E-state index contributed by atoms with van der Waals surface area (Å²) in [5.41, 5.74) is 0.660. The Morgan fingerprint density at radius 1 is 1.31 bits per heavy atom. The van der Waals surface area contributed by atoms with E-state index in [2.05, 4.69) is 18.9 Å². The Balaban J connectivity index is 1.77. The third-order valence-electron chi connectivity index (χ3n) is 3.55. The first-order valence-corrected chi connectivity index (χ1v) is 5.48. The molecule has 76 valence electrons. The summed E-state index contributed by atoms with van der Waals surface area (Å²) in [7, 11) is 2.28. The van der Waals surface area contributed by atoms with Gasteiger partial charge >= 0.3 is 0 Å². The fraction of sp³-hybridized carbons (Fsp3) is 1.00. The second-order valence-corrected chi connectivity index (χ2v) is 5.07. The molecule has 1 saturated carbocycles. The lowest BCUT2D eigenvalue weighted by molar-refractivity contribution is 0.0376. The van der Waals surface area contributed by atoms with Crippen molar-refractivity contribution in [2.75, 3.05) is 26.8 Å². The summed E-state index contributed by atoms with van der Waals surface area (Å²) in [6.45, 7) is 5.62. The summed E-state index contributed by atoms with van der Waals surface area (Å²) in [5, 5.41) is 0. The van der Waals surface area contributed by atoms with Gasteiger partial charge in [0.15, 0.2) is 0 Å². The van der Waals surface area contributed by atoms with Gasteiger partial charge in [0.05, 0.1) is 0 Å². The van der Waals surface area contributed by atoms with Crippen LogP contribution in [0.1, 0.15) is 32.6 Å². The molecular weight excluding hydrogens is 162 g/mol. The fourth-order valence-electron chi connectivity index (χ4n) is 2.23. The summed E-state index contributed by atoms with van der Waals surface area (Å²) < 4.78 is 5.37. The molecule has 2 heteroatoms. The smallest absolute Gasteiger partial charge is 0.0480 e. The van der Waals surface area contributed by atoms with Gasteiger partial charge in [0, 0.05) is 25.8 Å². The van der Waals surface area contributed by atoms with E-state index in [4.69, 9.17) is 4.74 Å². The average molecular weight is 183 g/mol. The Labute approximate surface area is 81.3 Å². The van der Waals surface area contributed by atoms with Crippen LogP contribution in [-0.2, 0) is 4.74 Å². The molecule has 1 aliphatic carbocycles. The van der Waals surface area contributed by atoms with E-state index in [1.165, 1.54) is 32.2 Å². The zero-order valence-electron chi connectivity index (χ0n) is 8.88. The SMILES string of the molecule is CN(CC1(C)CC1)C1CCOCC1. The topological polar surface area (TPSA) is 12.5 Å². The van der Waals surface area contributed by atoms with Gasteiger partial charge in [0.2, 0.25) is 0 Å². The molecule has 2 rings (SSSR count). The highest BCUT2D eigenvalue weighted by Crippen LogP contribution is 2.45. The molecule has 0 amide bonds. The van der Waals surface area contributed by atoms with Crippen LogP contribution in [0.5, 0.6) is 0 Å². The highest BCUT2D eigenvalue weighted by molar-refractivity contribution is 4.92. The first kappa shape index (κ1) is 9.47. The molecule has 0 aromatic rings. The van der Waals surface area contributed by atoms with Crippen molar-refractivity contribution < 1.29 is 4.74 Å². The first-order valence-electron chi connectivity index (χ1n) is 5.48. The Morgan fingerprint density at radius 2 is 1.92 bits per heavy atom. The minimum absolute atomic E-state index is 0.660. The Hall–Kier alpha value is -0.0800. The highest BCUT2D eigenvalue weighted by Gasteiger charge is 2.39. The standard InChI is InChI=1S/C11H21NO/c1-11(5-6-11)9-12(2)10-3-7-13-8-4-10/h10H,3-9H2,1-2H3. The molecule has 0 aromatic carbocycles. The number of hydrogen-bond acceptors (Lipinski definition) is 2. The molecule has 2 aliphatic rings.